The Kier molecular flexibility index (Phi) is 5.20. The number of hydrogen-bond acceptors (Lipinski definition) is 1. The van der Waals surface area contributed by atoms with Crippen molar-refractivity contribution in [3.63, 3.8) is 0 Å². The minimum absolute atomic E-state index is 0.735. The van der Waals surface area contributed by atoms with Crippen LogP contribution in [-0.4, -0.2) is 6.54 Å². The normalized spacial score (nSPS) is 12.8. The van der Waals surface area contributed by atoms with E-state index < -0.39 is 0 Å². The maximum atomic E-state index is 5.52. The molecule has 0 aliphatic rings. The molecule has 0 amide bonds. The molecule has 1 atom stereocenters. The van der Waals surface area contributed by atoms with Crippen molar-refractivity contribution < 1.29 is 0 Å². The van der Waals surface area contributed by atoms with E-state index in [1.165, 1.54) is 16.5 Å². The SMILES string of the molecule is CC(CCN)CCc1cccc(Br)c1. The number of nitrogens with two attached hydrogens (primary N) is 1. The minimum Gasteiger partial charge on any atom is -0.330 e. The molecule has 1 aromatic rings. The summed E-state index contributed by atoms with van der Waals surface area (Å²) in [6.07, 6.45) is 3.52. The quantitative estimate of drug-likeness (QED) is 0.858. The standard InChI is InChI=1S/C12H18BrN/c1-10(7-8-14)5-6-11-3-2-4-12(13)9-11/h2-4,9-10H,5-8,14H2,1H3. The first kappa shape index (κ1) is 11.7. The second-order valence-corrected chi connectivity index (χ2v) is 4.77. The lowest BCUT2D eigenvalue weighted by molar-refractivity contribution is 0.500. The number of hydrogen-bond donors (Lipinski definition) is 1. The second-order valence-electron chi connectivity index (χ2n) is 3.85. The largest absolute Gasteiger partial charge is 0.330 e. The molecule has 14 heavy (non-hydrogen) atoms. The van der Waals surface area contributed by atoms with Gasteiger partial charge in [-0.15, -0.1) is 0 Å². The van der Waals surface area contributed by atoms with Gasteiger partial charge in [0, 0.05) is 4.47 Å². The van der Waals surface area contributed by atoms with Gasteiger partial charge in [-0.2, -0.15) is 0 Å². The first-order chi connectivity index (χ1) is 6.72. The first-order valence-corrected chi connectivity index (χ1v) is 5.96. The Morgan fingerprint density at radius 3 is 2.79 bits per heavy atom. The second kappa shape index (κ2) is 6.20. The lowest BCUT2D eigenvalue weighted by atomic mass is 9.98. The predicted octanol–water partition coefficient (Wildman–Crippen LogP) is 3.37. The van der Waals surface area contributed by atoms with Gasteiger partial charge in [-0.05, 0) is 49.4 Å². The minimum atomic E-state index is 0.735. The van der Waals surface area contributed by atoms with Gasteiger partial charge in [0.25, 0.3) is 0 Å². The summed E-state index contributed by atoms with van der Waals surface area (Å²) in [5, 5.41) is 0. The summed E-state index contributed by atoms with van der Waals surface area (Å²) in [7, 11) is 0. The smallest absolute Gasteiger partial charge is 0.0177 e. The van der Waals surface area contributed by atoms with Gasteiger partial charge in [-0.3, -0.25) is 0 Å². The lowest BCUT2D eigenvalue weighted by Crippen LogP contribution is -2.06. The van der Waals surface area contributed by atoms with Gasteiger partial charge in [0.2, 0.25) is 0 Å². The molecule has 0 spiro atoms. The van der Waals surface area contributed by atoms with Crippen molar-refractivity contribution in [3.05, 3.63) is 34.3 Å². The highest BCUT2D eigenvalue weighted by Gasteiger charge is 2.01. The van der Waals surface area contributed by atoms with Crippen molar-refractivity contribution in [3.8, 4) is 0 Å². The molecule has 2 heteroatoms. The van der Waals surface area contributed by atoms with Crippen LogP contribution in [0, 0.1) is 5.92 Å². The third kappa shape index (κ3) is 4.25. The van der Waals surface area contributed by atoms with E-state index in [0.29, 0.717) is 0 Å². The molecule has 1 unspecified atom stereocenters. The molecule has 0 saturated heterocycles. The topological polar surface area (TPSA) is 26.0 Å². The van der Waals surface area contributed by atoms with Gasteiger partial charge in [0.15, 0.2) is 0 Å². The van der Waals surface area contributed by atoms with E-state index in [-0.39, 0.29) is 0 Å². The fraction of sp³-hybridized carbons (Fsp3) is 0.500. The summed E-state index contributed by atoms with van der Waals surface area (Å²) in [5.41, 5.74) is 6.92. The van der Waals surface area contributed by atoms with Gasteiger partial charge in [-0.25, -0.2) is 0 Å². The molecule has 78 valence electrons. The molecule has 0 bridgehead atoms. The molecule has 2 N–H and O–H groups in total. The van der Waals surface area contributed by atoms with E-state index in [0.717, 1.165) is 25.3 Å². The summed E-state index contributed by atoms with van der Waals surface area (Å²) >= 11 is 3.48. The summed E-state index contributed by atoms with van der Waals surface area (Å²) in [6, 6.07) is 8.52. The van der Waals surface area contributed by atoms with E-state index >= 15 is 0 Å². The highest BCUT2D eigenvalue weighted by molar-refractivity contribution is 9.10. The monoisotopic (exact) mass is 255 g/mol. The van der Waals surface area contributed by atoms with Gasteiger partial charge in [0.1, 0.15) is 0 Å². The number of aryl methyl sites for hydroxylation is 1. The van der Waals surface area contributed by atoms with Crippen LogP contribution in [0.1, 0.15) is 25.3 Å². The highest BCUT2D eigenvalue weighted by atomic mass is 79.9. The molecule has 0 radical (unpaired) electrons. The average molecular weight is 256 g/mol. The predicted molar refractivity (Wildman–Crippen MR) is 65.3 cm³/mol. The van der Waals surface area contributed by atoms with Crippen LogP contribution < -0.4 is 5.73 Å². The van der Waals surface area contributed by atoms with Crippen LogP contribution in [0.4, 0.5) is 0 Å². The molecular formula is C12H18BrN. The zero-order valence-electron chi connectivity index (χ0n) is 8.67. The van der Waals surface area contributed by atoms with Crippen molar-refractivity contribution in [1.82, 2.24) is 0 Å². The summed E-state index contributed by atoms with van der Waals surface area (Å²) < 4.78 is 1.17. The van der Waals surface area contributed by atoms with Crippen molar-refractivity contribution in [2.24, 2.45) is 11.7 Å². The Bertz CT molecular complexity index is 273. The van der Waals surface area contributed by atoms with Crippen molar-refractivity contribution in [2.75, 3.05) is 6.54 Å². The average Bonchev–Trinajstić information content (AvgIpc) is 2.15. The van der Waals surface area contributed by atoms with Gasteiger partial charge in [0.05, 0.1) is 0 Å². The summed E-state index contributed by atoms with van der Waals surface area (Å²) in [4.78, 5) is 0. The number of benzene rings is 1. The van der Waals surface area contributed by atoms with Crippen molar-refractivity contribution in [1.29, 1.82) is 0 Å². The Balaban J connectivity index is 2.37. The molecule has 1 rings (SSSR count). The van der Waals surface area contributed by atoms with E-state index in [2.05, 4.69) is 47.1 Å². The third-order valence-corrected chi connectivity index (χ3v) is 2.97. The van der Waals surface area contributed by atoms with Crippen LogP contribution in [0.25, 0.3) is 0 Å². The molecule has 0 saturated carbocycles. The molecule has 0 heterocycles. The third-order valence-electron chi connectivity index (χ3n) is 2.47. The Labute approximate surface area is 94.8 Å². The van der Waals surface area contributed by atoms with Crippen LogP contribution in [0.15, 0.2) is 28.7 Å². The molecule has 1 nitrogen and oxygen atoms in total. The summed E-state index contributed by atoms with van der Waals surface area (Å²) in [5.74, 6) is 0.735. The van der Waals surface area contributed by atoms with Crippen molar-refractivity contribution >= 4 is 15.9 Å². The zero-order chi connectivity index (χ0) is 10.4. The van der Waals surface area contributed by atoms with Gasteiger partial charge in [-0.1, -0.05) is 35.0 Å². The van der Waals surface area contributed by atoms with Crippen LogP contribution in [0.5, 0.6) is 0 Å². The van der Waals surface area contributed by atoms with E-state index in [1.807, 2.05) is 0 Å². The first-order valence-electron chi connectivity index (χ1n) is 5.17. The van der Waals surface area contributed by atoms with Gasteiger partial charge >= 0.3 is 0 Å². The Hall–Kier alpha value is -0.340. The maximum absolute atomic E-state index is 5.52. The van der Waals surface area contributed by atoms with Crippen LogP contribution in [0.2, 0.25) is 0 Å². The molecule has 1 aromatic carbocycles. The molecule has 0 aromatic heterocycles. The van der Waals surface area contributed by atoms with E-state index in [1.54, 1.807) is 0 Å². The molecular weight excluding hydrogens is 238 g/mol. The number of halogens is 1. The van der Waals surface area contributed by atoms with Crippen LogP contribution >= 0.6 is 15.9 Å². The molecule has 0 fully saturated rings. The lowest BCUT2D eigenvalue weighted by Gasteiger charge is -2.09. The van der Waals surface area contributed by atoms with Gasteiger partial charge < -0.3 is 5.73 Å². The maximum Gasteiger partial charge on any atom is 0.0177 e. The van der Waals surface area contributed by atoms with E-state index in [9.17, 15) is 0 Å². The molecule has 0 aliphatic heterocycles. The van der Waals surface area contributed by atoms with Crippen molar-refractivity contribution in [2.45, 2.75) is 26.2 Å². The van der Waals surface area contributed by atoms with Crippen LogP contribution in [0.3, 0.4) is 0 Å². The Morgan fingerprint density at radius 1 is 1.36 bits per heavy atom. The van der Waals surface area contributed by atoms with Crippen LogP contribution in [-0.2, 0) is 6.42 Å². The van der Waals surface area contributed by atoms with E-state index in [4.69, 9.17) is 5.73 Å². The molecule has 0 aliphatic carbocycles. The Morgan fingerprint density at radius 2 is 2.14 bits per heavy atom. The zero-order valence-corrected chi connectivity index (χ0v) is 10.3. The highest BCUT2D eigenvalue weighted by Crippen LogP contribution is 2.16. The summed E-state index contributed by atoms with van der Waals surface area (Å²) in [6.45, 7) is 3.07. The fourth-order valence-corrected chi connectivity index (χ4v) is 1.98. The fourth-order valence-electron chi connectivity index (χ4n) is 1.53. The number of rotatable bonds is 5.